The van der Waals surface area contributed by atoms with Crippen molar-refractivity contribution in [1.82, 2.24) is 4.90 Å². The molecule has 1 aliphatic rings. The third kappa shape index (κ3) is 3.36. The fourth-order valence-corrected chi connectivity index (χ4v) is 3.12. The molecule has 2 aromatic carbocycles. The van der Waals surface area contributed by atoms with Crippen LogP contribution in [0, 0.1) is 23.1 Å². The monoisotopic (exact) mass is 337 g/mol. The number of nitrogens with zero attached hydrogens (tertiary/aromatic N) is 2. The molecule has 2 aromatic rings. The van der Waals surface area contributed by atoms with E-state index in [2.05, 4.69) is 5.32 Å². The quantitative estimate of drug-likeness (QED) is 0.936. The molecular formula is C19H16FN3O2. The van der Waals surface area contributed by atoms with Crippen molar-refractivity contribution < 1.29 is 14.0 Å². The number of hydrogen-bond donors (Lipinski definition) is 1. The summed E-state index contributed by atoms with van der Waals surface area (Å²) in [7, 11) is 1.64. The highest BCUT2D eigenvalue weighted by Crippen LogP contribution is 2.37. The first-order valence-electron chi connectivity index (χ1n) is 7.82. The number of amides is 2. The second-order valence-electron chi connectivity index (χ2n) is 5.99. The van der Waals surface area contributed by atoms with Gasteiger partial charge < -0.3 is 10.2 Å². The molecule has 1 fully saturated rings. The minimum absolute atomic E-state index is 0.0856. The van der Waals surface area contributed by atoms with Gasteiger partial charge in [-0.05, 0) is 35.9 Å². The Bertz CT molecular complexity index is 858. The number of likely N-dealkylation sites (tertiary alicyclic amines) is 1. The molecule has 6 heteroatoms. The Labute approximate surface area is 144 Å². The molecule has 25 heavy (non-hydrogen) atoms. The fourth-order valence-electron chi connectivity index (χ4n) is 3.12. The summed E-state index contributed by atoms with van der Waals surface area (Å²) in [6, 6.07) is 14.0. The minimum Gasteiger partial charge on any atom is -0.338 e. The van der Waals surface area contributed by atoms with Crippen LogP contribution < -0.4 is 5.32 Å². The van der Waals surface area contributed by atoms with E-state index >= 15 is 0 Å². The Morgan fingerprint density at radius 2 is 2.00 bits per heavy atom. The molecule has 1 N–H and O–H groups in total. The van der Waals surface area contributed by atoms with Crippen molar-refractivity contribution in [3.63, 3.8) is 0 Å². The third-order valence-electron chi connectivity index (χ3n) is 4.39. The Hall–Kier alpha value is -3.20. The van der Waals surface area contributed by atoms with Gasteiger partial charge in [0.15, 0.2) is 0 Å². The summed E-state index contributed by atoms with van der Waals surface area (Å²) in [5.74, 6) is -1.40. The molecule has 3 rings (SSSR count). The van der Waals surface area contributed by atoms with Gasteiger partial charge in [-0.2, -0.15) is 5.26 Å². The van der Waals surface area contributed by atoms with Gasteiger partial charge >= 0.3 is 0 Å². The van der Waals surface area contributed by atoms with E-state index in [9.17, 15) is 14.0 Å². The van der Waals surface area contributed by atoms with Crippen molar-refractivity contribution in [2.75, 3.05) is 12.4 Å². The smallest absolute Gasteiger partial charge is 0.230 e. The lowest BCUT2D eigenvalue weighted by Crippen LogP contribution is -2.30. The molecule has 0 saturated carbocycles. The number of halogens is 1. The largest absolute Gasteiger partial charge is 0.338 e. The number of nitriles is 1. The van der Waals surface area contributed by atoms with Gasteiger partial charge in [0.1, 0.15) is 5.82 Å². The fraction of sp³-hybridized carbons (Fsp3) is 0.211. The van der Waals surface area contributed by atoms with E-state index in [-0.39, 0.29) is 24.1 Å². The van der Waals surface area contributed by atoms with Crippen LogP contribution in [0.4, 0.5) is 10.1 Å². The summed E-state index contributed by atoms with van der Waals surface area (Å²) >= 11 is 0. The van der Waals surface area contributed by atoms with E-state index in [1.165, 1.54) is 17.0 Å². The van der Waals surface area contributed by atoms with Crippen molar-refractivity contribution in [3.8, 4) is 6.07 Å². The number of rotatable bonds is 3. The first-order valence-corrected chi connectivity index (χ1v) is 7.82. The van der Waals surface area contributed by atoms with Crippen LogP contribution in [0.15, 0.2) is 48.5 Å². The summed E-state index contributed by atoms with van der Waals surface area (Å²) in [6.07, 6.45) is 0.0856. The van der Waals surface area contributed by atoms with Crippen molar-refractivity contribution in [2.24, 2.45) is 5.92 Å². The molecule has 2 amide bonds. The zero-order chi connectivity index (χ0) is 18.0. The minimum atomic E-state index is -0.589. The first-order chi connectivity index (χ1) is 12.0. The summed E-state index contributed by atoms with van der Waals surface area (Å²) in [5.41, 5.74) is 1.65. The molecule has 126 valence electrons. The van der Waals surface area contributed by atoms with Gasteiger partial charge in [-0.1, -0.05) is 18.2 Å². The lowest BCUT2D eigenvalue weighted by atomic mass is 9.92. The van der Waals surface area contributed by atoms with Crippen molar-refractivity contribution in [2.45, 2.75) is 12.5 Å². The van der Waals surface area contributed by atoms with Crippen LogP contribution in [0.1, 0.15) is 23.6 Å². The predicted octanol–water partition coefficient (Wildman–Crippen LogP) is 2.86. The molecule has 1 aliphatic heterocycles. The summed E-state index contributed by atoms with van der Waals surface area (Å²) in [6.45, 7) is 0. The summed E-state index contributed by atoms with van der Waals surface area (Å²) < 4.78 is 13.2. The van der Waals surface area contributed by atoms with E-state index < -0.39 is 12.0 Å². The van der Waals surface area contributed by atoms with Crippen molar-refractivity contribution >= 4 is 17.5 Å². The van der Waals surface area contributed by atoms with E-state index in [1.54, 1.807) is 43.4 Å². The Kier molecular flexibility index (Phi) is 4.48. The molecule has 1 saturated heterocycles. The SMILES string of the molecule is CN1C(=O)C[C@@H](C(=O)Nc2cccc(C#N)c2)[C@H]1c1ccc(F)cc1. The van der Waals surface area contributed by atoms with Gasteiger partial charge in [0.2, 0.25) is 11.8 Å². The van der Waals surface area contributed by atoms with Crippen LogP contribution >= 0.6 is 0 Å². The molecule has 0 bridgehead atoms. The van der Waals surface area contributed by atoms with Crippen LogP contribution in [-0.4, -0.2) is 23.8 Å². The van der Waals surface area contributed by atoms with Gasteiger partial charge in [-0.3, -0.25) is 9.59 Å². The number of nitrogens with one attached hydrogen (secondary N) is 1. The molecule has 0 spiro atoms. The topological polar surface area (TPSA) is 73.2 Å². The third-order valence-corrected chi connectivity index (χ3v) is 4.39. The highest BCUT2D eigenvalue weighted by Gasteiger charge is 2.42. The van der Waals surface area contributed by atoms with Crippen LogP contribution in [-0.2, 0) is 9.59 Å². The number of carbonyl (C=O) groups is 2. The Morgan fingerprint density at radius 3 is 2.68 bits per heavy atom. The molecular weight excluding hydrogens is 321 g/mol. The van der Waals surface area contributed by atoms with E-state index in [0.717, 1.165) is 0 Å². The van der Waals surface area contributed by atoms with E-state index in [1.807, 2.05) is 6.07 Å². The first kappa shape index (κ1) is 16.7. The average Bonchev–Trinajstić information content (AvgIpc) is 2.91. The van der Waals surface area contributed by atoms with Gasteiger partial charge in [0.05, 0.1) is 23.6 Å². The van der Waals surface area contributed by atoms with Crippen LogP contribution in [0.2, 0.25) is 0 Å². The average molecular weight is 337 g/mol. The van der Waals surface area contributed by atoms with Gasteiger partial charge in [-0.15, -0.1) is 0 Å². The summed E-state index contributed by atoms with van der Waals surface area (Å²) in [4.78, 5) is 26.3. The number of anilines is 1. The molecule has 1 heterocycles. The van der Waals surface area contributed by atoms with Crippen LogP contribution in [0.5, 0.6) is 0 Å². The lowest BCUT2D eigenvalue weighted by Gasteiger charge is -2.25. The lowest BCUT2D eigenvalue weighted by molar-refractivity contribution is -0.127. The highest BCUT2D eigenvalue weighted by atomic mass is 19.1. The Morgan fingerprint density at radius 1 is 1.28 bits per heavy atom. The standard InChI is InChI=1S/C19H16FN3O2/c1-23-17(24)10-16(18(23)13-5-7-14(20)8-6-13)19(25)22-15-4-2-3-12(9-15)11-21/h2-9,16,18H,10H2,1H3,(H,22,25)/t16-,18-/m1/s1. The predicted molar refractivity (Wildman–Crippen MR) is 89.8 cm³/mol. The van der Waals surface area contributed by atoms with Crippen LogP contribution in [0.25, 0.3) is 0 Å². The molecule has 0 aromatic heterocycles. The molecule has 5 nitrogen and oxygen atoms in total. The van der Waals surface area contributed by atoms with Crippen molar-refractivity contribution in [3.05, 3.63) is 65.5 Å². The second-order valence-corrected chi connectivity index (χ2v) is 5.99. The molecule has 0 aliphatic carbocycles. The van der Waals surface area contributed by atoms with Gasteiger partial charge in [0.25, 0.3) is 0 Å². The van der Waals surface area contributed by atoms with Crippen molar-refractivity contribution in [1.29, 1.82) is 5.26 Å². The normalized spacial score (nSPS) is 19.6. The van der Waals surface area contributed by atoms with Gasteiger partial charge in [-0.25, -0.2) is 4.39 Å². The highest BCUT2D eigenvalue weighted by molar-refractivity contribution is 5.98. The number of hydrogen-bond acceptors (Lipinski definition) is 3. The van der Waals surface area contributed by atoms with Crippen LogP contribution in [0.3, 0.4) is 0 Å². The number of carbonyl (C=O) groups excluding carboxylic acids is 2. The molecule has 2 atom stereocenters. The maximum atomic E-state index is 13.2. The zero-order valence-electron chi connectivity index (χ0n) is 13.6. The Balaban J connectivity index is 1.85. The van der Waals surface area contributed by atoms with Gasteiger partial charge in [0, 0.05) is 19.2 Å². The maximum Gasteiger partial charge on any atom is 0.230 e. The molecule has 0 radical (unpaired) electrons. The maximum absolute atomic E-state index is 13.2. The number of benzene rings is 2. The van der Waals surface area contributed by atoms with E-state index in [0.29, 0.717) is 16.8 Å². The zero-order valence-corrected chi connectivity index (χ0v) is 13.6. The second kappa shape index (κ2) is 6.73. The molecule has 0 unspecified atom stereocenters. The summed E-state index contributed by atoms with van der Waals surface area (Å²) in [5, 5.41) is 11.7. The van der Waals surface area contributed by atoms with E-state index in [4.69, 9.17) is 5.26 Å².